The Balaban J connectivity index is 1.63. The highest BCUT2D eigenvalue weighted by molar-refractivity contribution is 6.30. The van der Waals surface area contributed by atoms with Crippen molar-refractivity contribution in [1.82, 2.24) is 15.3 Å². The molecule has 26 heavy (non-hydrogen) atoms. The molecule has 0 aliphatic heterocycles. The van der Waals surface area contributed by atoms with Crippen LogP contribution in [0.15, 0.2) is 54.9 Å². The highest BCUT2D eigenvalue weighted by Crippen LogP contribution is 2.21. The number of aromatic nitrogens is 2. The van der Waals surface area contributed by atoms with Gasteiger partial charge in [-0.25, -0.2) is 14.4 Å². The molecule has 0 saturated carbocycles. The monoisotopic (exact) mass is 370 g/mol. The quantitative estimate of drug-likeness (QED) is 0.704. The number of anilines is 2. The van der Waals surface area contributed by atoms with Crippen LogP contribution in [0.4, 0.5) is 16.0 Å². The van der Waals surface area contributed by atoms with Gasteiger partial charge in [0.2, 0.25) is 5.95 Å². The Kier molecular flexibility index (Phi) is 5.43. The zero-order valence-corrected chi connectivity index (χ0v) is 14.7. The van der Waals surface area contributed by atoms with Gasteiger partial charge in [-0.1, -0.05) is 29.8 Å². The fourth-order valence-electron chi connectivity index (χ4n) is 2.32. The summed E-state index contributed by atoms with van der Waals surface area (Å²) < 4.78 is 13.6. The average molecular weight is 371 g/mol. The van der Waals surface area contributed by atoms with Crippen LogP contribution >= 0.6 is 11.6 Å². The molecule has 3 rings (SSSR count). The summed E-state index contributed by atoms with van der Waals surface area (Å²) in [5, 5.41) is 6.36. The Morgan fingerprint density at radius 3 is 2.58 bits per heavy atom. The van der Waals surface area contributed by atoms with E-state index < -0.39 is 0 Å². The van der Waals surface area contributed by atoms with Crippen molar-refractivity contribution in [2.45, 2.75) is 13.5 Å². The van der Waals surface area contributed by atoms with E-state index in [2.05, 4.69) is 20.6 Å². The lowest BCUT2D eigenvalue weighted by molar-refractivity contribution is 0.0950. The van der Waals surface area contributed by atoms with Crippen LogP contribution in [-0.2, 0) is 6.54 Å². The van der Waals surface area contributed by atoms with Gasteiger partial charge in [0, 0.05) is 35.2 Å². The topological polar surface area (TPSA) is 66.9 Å². The van der Waals surface area contributed by atoms with Crippen LogP contribution < -0.4 is 10.6 Å². The van der Waals surface area contributed by atoms with E-state index >= 15 is 0 Å². The van der Waals surface area contributed by atoms with Crippen molar-refractivity contribution < 1.29 is 9.18 Å². The highest BCUT2D eigenvalue weighted by atomic mass is 35.5. The second kappa shape index (κ2) is 7.93. The number of carbonyl (C=O) groups is 1. The molecule has 0 saturated heterocycles. The van der Waals surface area contributed by atoms with Crippen molar-refractivity contribution >= 4 is 29.1 Å². The number of nitrogens with zero attached hydrogens (tertiary/aromatic N) is 2. The SMILES string of the molecule is Cc1cc(Cl)ccc1Nc1ncc(C(=O)NCc2ccccc2F)cn1. The Labute approximate surface area is 155 Å². The van der Waals surface area contributed by atoms with Crippen LogP contribution in [0.25, 0.3) is 0 Å². The molecule has 1 heterocycles. The zero-order chi connectivity index (χ0) is 18.5. The lowest BCUT2D eigenvalue weighted by Gasteiger charge is -2.09. The molecule has 7 heteroatoms. The molecule has 0 atom stereocenters. The van der Waals surface area contributed by atoms with Crippen LogP contribution in [-0.4, -0.2) is 15.9 Å². The number of amides is 1. The lowest BCUT2D eigenvalue weighted by Crippen LogP contribution is -2.23. The van der Waals surface area contributed by atoms with Crippen LogP contribution in [0.1, 0.15) is 21.5 Å². The van der Waals surface area contributed by atoms with Crippen LogP contribution in [0.3, 0.4) is 0 Å². The summed E-state index contributed by atoms with van der Waals surface area (Å²) in [6.07, 6.45) is 2.83. The third kappa shape index (κ3) is 4.34. The number of hydrogen-bond acceptors (Lipinski definition) is 4. The second-order valence-electron chi connectivity index (χ2n) is 5.65. The minimum atomic E-state index is -0.373. The van der Waals surface area contributed by atoms with E-state index in [4.69, 9.17) is 11.6 Å². The molecule has 2 N–H and O–H groups in total. The Bertz CT molecular complexity index is 931. The van der Waals surface area contributed by atoms with Crippen LogP contribution in [0.2, 0.25) is 5.02 Å². The molecule has 1 aromatic heterocycles. The largest absolute Gasteiger partial charge is 0.348 e. The summed E-state index contributed by atoms with van der Waals surface area (Å²) in [5.41, 5.74) is 2.48. The van der Waals surface area contributed by atoms with Crippen molar-refractivity contribution in [3.05, 3.63) is 82.4 Å². The van der Waals surface area contributed by atoms with E-state index in [1.165, 1.54) is 18.5 Å². The summed E-state index contributed by atoms with van der Waals surface area (Å²) in [6, 6.07) is 11.7. The van der Waals surface area contributed by atoms with E-state index in [0.717, 1.165) is 11.3 Å². The maximum Gasteiger partial charge on any atom is 0.254 e. The number of benzene rings is 2. The molecular formula is C19H16ClFN4O. The van der Waals surface area contributed by atoms with Gasteiger partial charge < -0.3 is 10.6 Å². The first-order chi connectivity index (χ1) is 12.5. The first kappa shape index (κ1) is 17.8. The molecule has 0 aliphatic carbocycles. The summed E-state index contributed by atoms with van der Waals surface area (Å²) in [5.74, 6) is -0.370. The van der Waals surface area contributed by atoms with Crippen LogP contribution in [0, 0.1) is 12.7 Å². The Morgan fingerprint density at radius 1 is 1.15 bits per heavy atom. The molecule has 0 spiro atoms. The minimum absolute atomic E-state index is 0.0927. The van der Waals surface area contributed by atoms with Gasteiger partial charge in [0.15, 0.2) is 0 Å². The second-order valence-corrected chi connectivity index (χ2v) is 6.09. The Hall–Kier alpha value is -2.99. The maximum atomic E-state index is 13.6. The van der Waals surface area contributed by atoms with E-state index in [9.17, 15) is 9.18 Å². The lowest BCUT2D eigenvalue weighted by atomic mass is 10.2. The van der Waals surface area contributed by atoms with Gasteiger partial charge in [-0.15, -0.1) is 0 Å². The smallest absolute Gasteiger partial charge is 0.254 e. The van der Waals surface area contributed by atoms with Crippen molar-refractivity contribution in [2.75, 3.05) is 5.32 Å². The standard InChI is InChI=1S/C19H16ClFN4O/c1-12-8-15(20)6-7-17(12)25-19-23-10-14(11-24-19)18(26)22-9-13-4-2-3-5-16(13)21/h2-8,10-11H,9H2,1H3,(H,22,26)(H,23,24,25). The highest BCUT2D eigenvalue weighted by Gasteiger charge is 2.09. The number of aryl methyl sites for hydroxylation is 1. The maximum absolute atomic E-state index is 13.6. The number of hydrogen-bond donors (Lipinski definition) is 2. The summed E-state index contributed by atoms with van der Waals surface area (Å²) in [6.45, 7) is 2.01. The van der Waals surface area contributed by atoms with E-state index in [1.54, 1.807) is 24.3 Å². The first-order valence-corrected chi connectivity index (χ1v) is 8.27. The van der Waals surface area contributed by atoms with Gasteiger partial charge in [0.1, 0.15) is 5.82 Å². The van der Waals surface area contributed by atoms with Crippen LogP contribution in [0.5, 0.6) is 0 Å². The molecule has 132 valence electrons. The van der Waals surface area contributed by atoms with E-state index in [-0.39, 0.29) is 18.3 Å². The molecule has 0 radical (unpaired) electrons. The molecule has 0 aliphatic rings. The number of halogens is 2. The number of rotatable bonds is 5. The van der Waals surface area contributed by atoms with Crippen molar-refractivity contribution in [3.63, 3.8) is 0 Å². The third-order valence-corrected chi connectivity index (χ3v) is 3.98. The Morgan fingerprint density at radius 2 is 1.88 bits per heavy atom. The normalized spacial score (nSPS) is 10.4. The van der Waals surface area contributed by atoms with Crippen molar-refractivity contribution in [3.8, 4) is 0 Å². The van der Waals surface area contributed by atoms with Crippen molar-refractivity contribution in [2.24, 2.45) is 0 Å². The molecule has 0 unspecified atom stereocenters. The average Bonchev–Trinajstić information content (AvgIpc) is 2.64. The van der Waals surface area contributed by atoms with E-state index in [0.29, 0.717) is 22.1 Å². The summed E-state index contributed by atoms with van der Waals surface area (Å²) >= 11 is 5.93. The van der Waals surface area contributed by atoms with Gasteiger partial charge in [0.25, 0.3) is 5.91 Å². The molecule has 5 nitrogen and oxygen atoms in total. The van der Waals surface area contributed by atoms with Gasteiger partial charge in [-0.2, -0.15) is 0 Å². The van der Waals surface area contributed by atoms with Gasteiger partial charge in [0.05, 0.1) is 5.56 Å². The molecule has 0 bridgehead atoms. The fraction of sp³-hybridized carbons (Fsp3) is 0.105. The van der Waals surface area contributed by atoms with Crippen molar-refractivity contribution in [1.29, 1.82) is 0 Å². The molecule has 3 aromatic rings. The predicted molar refractivity (Wildman–Crippen MR) is 99.1 cm³/mol. The molecule has 1 amide bonds. The predicted octanol–water partition coefficient (Wildman–Crippen LogP) is 4.25. The molecule has 0 fully saturated rings. The molecular weight excluding hydrogens is 355 g/mol. The van der Waals surface area contributed by atoms with E-state index in [1.807, 2.05) is 19.1 Å². The van der Waals surface area contributed by atoms with Gasteiger partial charge in [-0.3, -0.25) is 4.79 Å². The zero-order valence-electron chi connectivity index (χ0n) is 14.0. The summed E-state index contributed by atoms with van der Waals surface area (Å²) in [7, 11) is 0. The van der Waals surface area contributed by atoms with Gasteiger partial charge >= 0.3 is 0 Å². The fourth-order valence-corrected chi connectivity index (χ4v) is 2.54. The number of nitrogens with one attached hydrogen (secondary N) is 2. The van der Waals surface area contributed by atoms with Gasteiger partial charge in [-0.05, 0) is 36.8 Å². The first-order valence-electron chi connectivity index (χ1n) is 7.90. The minimum Gasteiger partial charge on any atom is -0.348 e. The molecule has 2 aromatic carbocycles. The third-order valence-electron chi connectivity index (χ3n) is 3.75. The summed E-state index contributed by atoms with van der Waals surface area (Å²) in [4.78, 5) is 20.4. The number of carbonyl (C=O) groups excluding carboxylic acids is 1.